The van der Waals surface area contributed by atoms with Gasteiger partial charge in [0, 0.05) is 16.4 Å². The van der Waals surface area contributed by atoms with Gasteiger partial charge in [0.1, 0.15) is 6.29 Å². The fourth-order valence-corrected chi connectivity index (χ4v) is 3.43. The summed E-state index contributed by atoms with van der Waals surface area (Å²) in [6, 6.07) is 8.81. The average Bonchev–Trinajstić information content (AvgIpc) is 2.82. The number of thioether (sulfide) groups is 1. The Hall–Kier alpha value is -1.06. The average molecular weight is 276 g/mol. The van der Waals surface area contributed by atoms with Crippen molar-refractivity contribution in [3.63, 3.8) is 0 Å². The Balaban J connectivity index is 2.13. The van der Waals surface area contributed by atoms with Crippen LogP contribution in [0.3, 0.4) is 0 Å². The van der Waals surface area contributed by atoms with Crippen molar-refractivity contribution in [1.29, 1.82) is 0 Å². The molecular weight excluding hydrogens is 260 g/mol. The molecule has 0 bridgehead atoms. The van der Waals surface area contributed by atoms with Crippen LogP contribution >= 0.6 is 23.1 Å². The third kappa shape index (κ3) is 3.24. The van der Waals surface area contributed by atoms with Crippen LogP contribution in [0.25, 0.3) is 11.1 Å². The molecule has 2 aromatic rings. The lowest BCUT2D eigenvalue weighted by Crippen LogP contribution is -1.82. The van der Waals surface area contributed by atoms with Crippen molar-refractivity contribution in [2.75, 3.05) is 5.75 Å². The Bertz CT molecular complexity index is 543. The van der Waals surface area contributed by atoms with E-state index in [-0.39, 0.29) is 0 Å². The molecule has 0 fully saturated rings. The van der Waals surface area contributed by atoms with Crippen LogP contribution in [-0.4, -0.2) is 12.0 Å². The summed E-state index contributed by atoms with van der Waals surface area (Å²) in [6.07, 6.45) is 0.961. The predicted octanol–water partition coefficient (Wildman–Crippen LogP) is 4.46. The van der Waals surface area contributed by atoms with E-state index in [4.69, 9.17) is 0 Å². The maximum Gasteiger partial charge on any atom is 0.129 e. The molecule has 0 atom stereocenters. The van der Waals surface area contributed by atoms with E-state index in [9.17, 15) is 4.79 Å². The molecule has 0 aliphatic heterocycles. The van der Waals surface area contributed by atoms with E-state index >= 15 is 0 Å². The Labute approximate surface area is 116 Å². The van der Waals surface area contributed by atoms with E-state index in [0.29, 0.717) is 5.75 Å². The summed E-state index contributed by atoms with van der Waals surface area (Å²) >= 11 is 3.43. The SMILES string of the molecule is Cc1ccc(-c2csc(CSCC=O)c2)cc1C. The van der Waals surface area contributed by atoms with Crippen LogP contribution in [0.15, 0.2) is 29.6 Å². The first kappa shape index (κ1) is 13.4. The Kier molecular flexibility index (Phi) is 4.61. The Morgan fingerprint density at radius 2 is 2.00 bits per heavy atom. The zero-order valence-corrected chi connectivity index (χ0v) is 12.2. The van der Waals surface area contributed by atoms with Crippen molar-refractivity contribution in [2.45, 2.75) is 19.6 Å². The predicted molar refractivity (Wildman–Crippen MR) is 81.5 cm³/mol. The van der Waals surface area contributed by atoms with Gasteiger partial charge in [-0.15, -0.1) is 23.1 Å². The van der Waals surface area contributed by atoms with Crippen LogP contribution in [-0.2, 0) is 10.5 Å². The topological polar surface area (TPSA) is 17.1 Å². The molecule has 0 unspecified atom stereocenters. The van der Waals surface area contributed by atoms with Gasteiger partial charge in [0.15, 0.2) is 0 Å². The standard InChI is InChI=1S/C15H16OS2/c1-11-3-4-13(7-12(11)2)14-8-15(18-9-14)10-17-6-5-16/h3-5,7-9H,6,10H2,1-2H3. The third-order valence-corrected chi connectivity index (χ3v) is 4.93. The minimum absolute atomic E-state index is 0.580. The number of thiophene rings is 1. The molecule has 94 valence electrons. The lowest BCUT2D eigenvalue weighted by atomic mass is 10.0. The van der Waals surface area contributed by atoms with Crippen LogP contribution in [0.1, 0.15) is 16.0 Å². The van der Waals surface area contributed by atoms with Gasteiger partial charge >= 0.3 is 0 Å². The molecule has 0 aliphatic carbocycles. The molecular formula is C15H16OS2. The second kappa shape index (κ2) is 6.21. The Morgan fingerprint density at radius 1 is 1.17 bits per heavy atom. The third-order valence-electron chi connectivity index (χ3n) is 2.92. The summed E-state index contributed by atoms with van der Waals surface area (Å²) in [5.41, 5.74) is 5.22. The van der Waals surface area contributed by atoms with E-state index in [2.05, 4.69) is 43.5 Å². The van der Waals surface area contributed by atoms with E-state index in [1.807, 2.05) is 0 Å². The number of hydrogen-bond donors (Lipinski definition) is 0. The molecule has 0 saturated heterocycles. The molecule has 0 saturated carbocycles. The van der Waals surface area contributed by atoms with Crippen LogP contribution in [0.2, 0.25) is 0 Å². The maximum absolute atomic E-state index is 10.3. The molecule has 0 aliphatic rings. The molecule has 0 radical (unpaired) electrons. The van der Waals surface area contributed by atoms with Crippen LogP contribution in [0.5, 0.6) is 0 Å². The van der Waals surface area contributed by atoms with Gasteiger partial charge in [0.05, 0.1) is 0 Å². The van der Waals surface area contributed by atoms with Gasteiger partial charge in [-0.2, -0.15) is 0 Å². The van der Waals surface area contributed by atoms with Gasteiger partial charge in [-0.25, -0.2) is 0 Å². The molecule has 1 nitrogen and oxygen atoms in total. The summed E-state index contributed by atoms with van der Waals surface area (Å²) < 4.78 is 0. The smallest absolute Gasteiger partial charge is 0.129 e. The van der Waals surface area contributed by atoms with Crippen LogP contribution in [0, 0.1) is 13.8 Å². The zero-order chi connectivity index (χ0) is 13.0. The van der Waals surface area contributed by atoms with Crippen LogP contribution < -0.4 is 0 Å². The molecule has 2 rings (SSSR count). The number of aldehydes is 1. The van der Waals surface area contributed by atoms with E-state index in [1.54, 1.807) is 23.1 Å². The fraction of sp³-hybridized carbons (Fsp3) is 0.267. The molecule has 3 heteroatoms. The highest BCUT2D eigenvalue weighted by Crippen LogP contribution is 2.29. The van der Waals surface area contributed by atoms with Crippen molar-refractivity contribution in [3.8, 4) is 11.1 Å². The van der Waals surface area contributed by atoms with Crippen molar-refractivity contribution in [1.82, 2.24) is 0 Å². The van der Waals surface area contributed by atoms with Gasteiger partial charge in [0.2, 0.25) is 0 Å². The van der Waals surface area contributed by atoms with Crippen molar-refractivity contribution in [3.05, 3.63) is 45.6 Å². The zero-order valence-electron chi connectivity index (χ0n) is 10.6. The first-order valence-electron chi connectivity index (χ1n) is 5.87. The summed E-state index contributed by atoms with van der Waals surface area (Å²) in [4.78, 5) is 11.6. The van der Waals surface area contributed by atoms with Crippen LogP contribution in [0.4, 0.5) is 0 Å². The second-order valence-corrected chi connectivity index (χ2v) is 6.31. The number of hydrogen-bond acceptors (Lipinski definition) is 3. The highest BCUT2D eigenvalue weighted by atomic mass is 32.2. The summed E-state index contributed by atoms with van der Waals surface area (Å²) in [5, 5.41) is 2.20. The lowest BCUT2D eigenvalue weighted by molar-refractivity contribution is -0.105. The molecule has 0 N–H and O–H groups in total. The van der Waals surface area contributed by atoms with Gasteiger partial charge in [-0.05, 0) is 47.5 Å². The van der Waals surface area contributed by atoms with Gasteiger partial charge in [0.25, 0.3) is 0 Å². The molecule has 0 amide bonds. The molecule has 18 heavy (non-hydrogen) atoms. The molecule has 0 spiro atoms. The molecule has 1 heterocycles. The summed E-state index contributed by atoms with van der Waals surface area (Å²) in [6.45, 7) is 4.28. The second-order valence-electron chi connectivity index (χ2n) is 4.28. The monoisotopic (exact) mass is 276 g/mol. The van der Waals surface area contributed by atoms with E-state index in [1.165, 1.54) is 27.1 Å². The van der Waals surface area contributed by atoms with Gasteiger partial charge in [-0.1, -0.05) is 18.2 Å². The van der Waals surface area contributed by atoms with E-state index in [0.717, 1.165) is 12.0 Å². The highest BCUT2D eigenvalue weighted by molar-refractivity contribution is 7.99. The van der Waals surface area contributed by atoms with Crippen molar-refractivity contribution < 1.29 is 4.79 Å². The quantitative estimate of drug-likeness (QED) is 0.592. The number of aryl methyl sites for hydroxylation is 2. The van der Waals surface area contributed by atoms with Crippen molar-refractivity contribution in [2.24, 2.45) is 0 Å². The summed E-state index contributed by atoms with van der Waals surface area (Å²) in [5.74, 6) is 1.51. The highest BCUT2D eigenvalue weighted by Gasteiger charge is 2.04. The number of carbonyl (C=O) groups is 1. The molecule has 1 aromatic carbocycles. The fourth-order valence-electron chi connectivity index (χ4n) is 1.74. The minimum Gasteiger partial charge on any atom is -0.302 e. The van der Waals surface area contributed by atoms with Crippen molar-refractivity contribution >= 4 is 29.4 Å². The van der Waals surface area contributed by atoms with Gasteiger partial charge < -0.3 is 4.79 Å². The largest absolute Gasteiger partial charge is 0.302 e. The summed E-state index contributed by atoms with van der Waals surface area (Å²) in [7, 11) is 0. The lowest BCUT2D eigenvalue weighted by Gasteiger charge is -2.03. The number of benzene rings is 1. The maximum atomic E-state index is 10.3. The number of rotatable bonds is 5. The van der Waals surface area contributed by atoms with Gasteiger partial charge in [-0.3, -0.25) is 0 Å². The Morgan fingerprint density at radius 3 is 2.72 bits per heavy atom. The normalized spacial score (nSPS) is 10.6. The minimum atomic E-state index is 0.580. The van der Waals surface area contributed by atoms with E-state index < -0.39 is 0 Å². The first-order chi connectivity index (χ1) is 8.70. The molecule has 1 aromatic heterocycles. The number of carbonyl (C=O) groups excluding carboxylic acids is 1. The first-order valence-corrected chi connectivity index (χ1v) is 7.90.